The van der Waals surface area contributed by atoms with Crippen molar-refractivity contribution in [3.63, 3.8) is 0 Å². The molecule has 0 fully saturated rings. The van der Waals surface area contributed by atoms with Crippen LogP contribution in [0.15, 0.2) is 60.7 Å². The van der Waals surface area contributed by atoms with E-state index in [0.717, 1.165) is 11.1 Å². The van der Waals surface area contributed by atoms with Crippen LogP contribution in [0.2, 0.25) is 0 Å². The van der Waals surface area contributed by atoms with Gasteiger partial charge in [-0.2, -0.15) is 0 Å². The average Bonchev–Trinajstić information content (AvgIpc) is 2.78. The van der Waals surface area contributed by atoms with E-state index in [1.54, 1.807) is 0 Å². The van der Waals surface area contributed by atoms with Gasteiger partial charge >= 0.3 is 11.9 Å². The van der Waals surface area contributed by atoms with Crippen LogP contribution in [0.25, 0.3) is 0 Å². The third kappa shape index (κ3) is 10.2. The van der Waals surface area contributed by atoms with Gasteiger partial charge in [-0.3, -0.25) is 9.59 Å². The van der Waals surface area contributed by atoms with E-state index in [-0.39, 0.29) is 25.2 Å². The molecular formula is C25H32O6. The Balaban J connectivity index is 1.94. The molecule has 0 aliphatic rings. The summed E-state index contributed by atoms with van der Waals surface area (Å²) in [4.78, 5) is 22.9. The van der Waals surface area contributed by atoms with E-state index >= 15 is 0 Å². The van der Waals surface area contributed by atoms with Gasteiger partial charge in [0.2, 0.25) is 0 Å². The number of hydrogen-bond donors (Lipinski definition) is 0. The summed E-state index contributed by atoms with van der Waals surface area (Å²) in [7, 11) is 0. The summed E-state index contributed by atoms with van der Waals surface area (Å²) in [6.45, 7) is 4.87. The van der Waals surface area contributed by atoms with E-state index in [0.29, 0.717) is 39.3 Å². The summed E-state index contributed by atoms with van der Waals surface area (Å²) in [5.74, 6) is -0.745. The van der Waals surface area contributed by atoms with Gasteiger partial charge in [0.05, 0.1) is 13.2 Å². The molecule has 2 rings (SSSR count). The molecule has 0 heterocycles. The first-order chi connectivity index (χ1) is 15.0. The number of benzene rings is 2. The molecule has 0 aromatic heterocycles. The van der Waals surface area contributed by atoms with Gasteiger partial charge in [0.15, 0.2) is 0 Å². The Morgan fingerprint density at radius 2 is 1.06 bits per heavy atom. The summed E-state index contributed by atoms with van der Waals surface area (Å²) in [6, 6.07) is 19.8. The minimum absolute atomic E-state index is 0.138. The standard InChI is InChI=1S/C25H32O6/c1-21(26)30-19-25(20-31-22(2)27,13-15-28-17-23-9-5-3-6-10-23)14-16-29-18-24-11-7-4-8-12-24/h3-12H,13-20H2,1-2H3. The number of hydrogen-bond acceptors (Lipinski definition) is 6. The van der Waals surface area contributed by atoms with Crippen LogP contribution in [0.1, 0.15) is 37.8 Å². The van der Waals surface area contributed by atoms with Crippen LogP contribution in [0.4, 0.5) is 0 Å². The lowest BCUT2D eigenvalue weighted by Crippen LogP contribution is -2.36. The average molecular weight is 429 g/mol. The fourth-order valence-electron chi connectivity index (χ4n) is 3.07. The maximum Gasteiger partial charge on any atom is 0.302 e. The van der Waals surface area contributed by atoms with Crippen molar-refractivity contribution in [2.24, 2.45) is 5.41 Å². The Kier molecular flexibility index (Phi) is 10.8. The quantitative estimate of drug-likeness (QED) is 0.330. The van der Waals surface area contributed by atoms with Crippen LogP contribution >= 0.6 is 0 Å². The molecule has 0 unspecified atom stereocenters. The largest absolute Gasteiger partial charge is 0.465 e. The smallest absolute Gasteiger partial charge is 0.302 e. The van der Waals surface area contributed by atoms with E-state index in [9.17, 15) is 9.59 Å². The van der Waals surface area contributed by atoms with Crippen LogP contribution in [-0.4, -0.2) is 38.4 Å². The fourth-order valence-corrected chi connectivity index (χ4v) is 3.07. The molecule has 0 aliphatic carbocycles. The summed E-state index contributed by atoms with van der Waals surface area (Å²) in [6.07, 6.45) is 1.13. The number of carbonyl (C=O) groups excluding carboxylic acids is 2. The Morgan fingerprint density at radius 1 is 0.677 bits per heavy atom. The molecule has 2 aromatic carbocycles. The molecule has 6 nitrogen and oxygen atoms in total. The Labute approximate surface area is 184 Å². The highest BCUT2D eigenvalue weighted by Gasteiger charge is 2.33. The first kappa shape index (κ1) is 24.6. The fraction of sp³-hybridized carbons (Fsp3) is 0.440. The van der Waals surface area contributed by atoms with Crippen molar-refractivity contribution in [3.8, 4) is 0 Å². The predicted molar refractivity (Wildman–Crippen MR) is 117 cm³/mol. The summed E-state index contributed by atoms with van der Waals surface area (Å²) in [5, 5.41) is 0. The second-order valence-corrected chi connectivity index (χ2v) is 7.64. The van der Waals surface area contributed by atoms with Gasteiger partial charge in [0.1, 0.15) is 13.2 Å². The SMILES string of the molecule is CC(=O)OCC(CCOCc1ccccc1)(CCOCc1ccccc1)COC(C)=O. The van der Waals surface area contributed by atoms with E-state index in [2.05, 4.69) is 0 Å². The van der Waals surface area contributed by atoms with Crippen LogP contribution < -0.4 is 0 Å². The zero-order chi connectivity index (χ0) is 22.4. The number of esters is 2. The van der Waals surface area contributed by atoms with Crippen molar-refractivity contribution in [1.29, 1.82) is 0 Å². The van der Waals surface area contributed by atoms with Gasteiger partial charge in [0, 0.05) is 32.5 Å². The second-order valence-electron chi connectivity index (χ2n) is 7.64. The molecule has 6 heteroatoms. The first-order valence-electron chi connectivity index (χ1n) is 10.5. The minimum atomic E-state index is -0.579. The van der Waals surface area contributed by atoms with Crippen molar-refractivity contribution in [2.75, 3.05) is 26.4 Å². The second kappa shape index (κ2) is 13.6. The van der Waals surface area contributed by atoms with Crippen molar-refractivity contribution in [2.45, 2.75) is 39.9 Å². The van der Waals surface area contributed by atoms with Gasteiger partial charge in [0.25, 0.3) is 0 Å². The highest BCUT2D eigenvalue weighted by atomic mass is 16.5. The maximum absolute atomic E-state index is 11.5. The molecular weight excluding hydrogens is 396 g/mol. The summed E-state index contributed by atoms with van der Waals surface area (Å²) in [5.41, 5.74) is 1.59. The van der Waals surface area contributed by atoms with Gasteiger partial charge in [-0.05, 0) is 24.0 Å². The monoisotopic (exact) mass is 428 g/mol. The van der Waals surface area contributed by atoms with Crippen LogP contribution in [0, 0.1) is 5.41 Å². The summed E-state index contributed by atoms with van der Waals surface area (Å²) < 4.78 is 22.3. The normalized spacial score (nSPS) is 11.2. The molecule has 2 aromatic rings. The minimum Gasteiger partial charge on any atom is -0.465 e. The van der Waals surface area contributed by atoms with E-state index < -0.39 is 5.41 Å². The summed E-state index contributed by atoms with van der Waals surface area (Å²) >= 11 is 0. The highest BCUT2D eigenvalue weighted by molar-refractivity contribution is 5.66. The molecule has 0 spiro atoms. The Hall–Kier alpha value is -2.70. The van der Waals surface area contributed by atoms with Crippen LogP contribution in [0.5, 0.6) is 0 Å². The highest BCUT2D eigenvalue weighted by Crippen LogP contribution is 2.29. The maximum atomic E-state index is 11.5. The molecule has 0 bridgehead atoms. The van der Waals surface area contributed by atoms with Crippen LogP contribution in [-0.2, 0) is 41.8 Å². The zero-order valence-corrected chi connectivity index (χ0v) is 18.4. The van der Waals surface area contributed by atoms with Crippen molar-refractivity contribution in [1.82, 2.24) is 0 Å². The van der Waals surface area contributed by atoms with Gasteiger partial charge in [-0.25, -0.2) is 0 Å². The van der Waals surface area contributed by atoms with Crippen molar-refractivity contribution < 1.29 is 28.5 Å². The number of rotatable bonds is 14. The molecule has 0 radical (unpaired) electrons. The topological polar surface area (TPSA) is 71.1 Å². The van der Waals surface area contributed by atoms with Crippen molar-refractivity contribution >= 4 is 11.9 Å². The molecule has 0 saturated heterocycles. The third-order valence-electron chi connectivity index (χ3n) is 4.94. The number of carbonyl (C=O) groups is 2. The lowest BCUT2D eigenvalue weighted by molar-refractivity contribution is -0.154. The molecule has 0 atom stereocenters. The molecule has 0 N–H and O–H groups in total. The third-order valence-corrected chi connectivity index (χ3v) is 4.94. The van der Waals surface area contributed by atoms with Crippen LogP contribution in [0.3, 0.4) is 0 Å². The van der Waals surface area contributed by atoms with Gasteiger partial charge in [-0.15, -0.1) is 0 Å². The zero-order valence-electron chi connectivity index (χ0n) is 18.4. The Bertz CT molecular complexity index is 708. The predicted octanol–water partition coefficient (Wildman–Crippen LogP) is 4.31. The lowest BCUT2D eigenvalue weighted by atomic mass is 9.83. The van der Waals surface area contributed by atoms with Gasteiger partial charge in [-0.1, -0.05) is 60.7 Å². The van der Waals surface area contributed by atoms with E-state index in [1.807, 2.05) is 60.7 Å². The lowest BCUT2D eigenvalue weighted by Gasteiger charge is -2.32. The first-order valence-corrected chi connectivity index (χ1v) is 10.5. The van der Waals surface area contributed by atoms with Crippen molar-refractivity contribution in [3.05, 3.63) is 71.8 Å². The molecule has 0 aliphatic heterocycles. The van der Waals surface area contributed by atoms with Gasteiger partial charge < -0.3 is 18.9 Å². The molecule has 31 heavy (non-hydrogen) atoms. The van der Waals surface area contributed by atoms with E-state index in [4.69, 9.17) is 18.9 Å². The number of ether oxygens (including phenoxy) is 4. The molecule has 0 saturated carbocycles. The van der Waals surface area contributed by atoms with E-state index in [1.165, 1.54) is 13.8 Å². The Morgan fingerprint density at radius 3 is 1.42 bits per heavy atom. The molecule has 0 amide bonds. The molecule has 168 valence electrons.